The Kier molecular flexibility index (Phi) is 5.94. The number of amides is 2. The van der Waals surface area contributed by atoms with E-state index in [4.69, 9.17) is 4.74 Å². The molecular formula is C20H20N4O3. The highest BCUT2D eigenvalue weighted by molar-refractivity contribution is 6.07. The van der Waals surface area contributed by atoms with Crippen molar-refractivity contribution in [3.63, 3.8) is 0 Å². The van der Waals surface area contributed by atoms with Crippen LogP contribution in [0.5, 0.6) is 11.5 Å². The van der Waals surface area contributed by atoms with Gasteiger partial charge in [-0.25, -0.2) is 10.9 Å². The summed E-state index contributed by atoms with van der Waals surface area (Å²) in [5, 5.41) is 7.82. The van der Waals surface area contributed by atoms with E-state index >= 15 is 0 Å². The van der Waals surface area contributed by atoms with E-state index in [0.29, 0.717) is 17.9 Å². The molecular weight excluding hydrogens is 344 g/mol. The zero-order valence-corrected chi connectivity index (χ0v) is 14.9. The summed E-state index contributed by atoms with van der Waals surface area (Å²) in [6, 6.07) is 16.8. The number of carbonyl (C=O) groups is 2. The standard InChI is InChI=1S/C20H20N4O3/c1-14-18(20(26)24-22-14)10-11-19(25)23-21-13-15-6-5-9-17(12-15)27-16-7-3-2-4-8-16/h2-9,12-13,18H,10-11H2,1H3,(H,23,25)(H,24,26)/b21-13+. The first-order chi connectivity index (χ1) is 13.1. The molecule has 7 heteroatoms. The fourth-order valence-corrected chi connectivity index (χ4v) is 2.62. The number of benzene rings is 2. The Morgan fingerprint density at radius 1 is 1.22 bits per heavy atom. The Balaban J connectivity index is 1.49. The zero-order chi connectivity index (χ0) is 19.1. The van der Waals surface area contributed by atoms with Crippen LogP contribution in [0.1, 0.15) is 25.3 Å². The minimum Gasteiger partial charge on any atom is -0.457 e. The van der Waals surface area contributed by atoms with Gasteiger partial charge < -0.3 is 4.74 Å². The zero-order valence-electron chi connectivity index (χ0n) is 14.9. The highest BCUT2D eigenvalue weighted by Gasteiger charge is 2.26. The maximum atomic E-state index is 11.9. The smallest absolute Gasteiger partial charge is 0.248 e. The van der Waals surface area contributed by atoms with E-state index in [-0.39, 0.29) is 24.2 Å². The molecule has 1 atom stereocenters. The summed E-state index contributed by atoms with van der Waals surface area (Å²) in [4.78, 5) is 23.5. The Morgan fingerprint density at radius 2 is 2.00 bits per heavy atom. The van der Waals surface area contributed by atoms with E-state index in [1.165, 1.54) is 0 Å². The van der Waals surface area contributed by atoms with Crippen molar-refractivity contribution in [2.45, 2.75) is 19.8 Å². The summed E-state index contributed by atoms with van der Waals surface area (Å²) in [7, 11) is 0. The van der Waals surface area contributed by atoms with Gasteiger partial charge in [0, 0.05) is 12.1 Å². The summed E-state index contributed by atoms with van der Waals surface area (Å²) in [5.74, 6) is 0.661. The third kappa shape index (κ3) is 5.24. The molecule has 3 rings (SSSR count). The van der Waals surface area contributed by atoms with Gasteiger partial charge in [-0.15, -0.1) is 0 Å². The van der Waals surface area contributed by atoms with Gasteiger partial charge >= 0.3 is 0 Å². The molecule has 27 heavy (non-hydrogen) atoms. The summed E-state index contributed by atoms with van der Waals surface area (Å²) in [5.41, 5.74) is 6.37. The van der Waals surface area contributed by atoms with Gasteiger partial charge in [-0.2, -0.15) is 10.2 Å². The van der Waals surface area contributed by atoms with Gasteiger partial charge in [0.15, 0.2) is 0 Å². The topological polar surface area (TPSA) is 92.2 Å². The van der Waals surface area contributed by atoms with E-state index in [1.54, 1.807) is 13.1 Å². The third-order valence-electron chi connectivity index (χ3n) is 4.06. The molecule has 0 aromatic heterocycles. The summed E-state index contributed by atoms with van der Waals surface area (Å²) < 4.78 is 5.76. The molecule has 2 aromatic carbocycles. The minimum absolute atomic E-state index is 0.168. The third-order valence-corrected chi connectivity index (χ3v) is 4.06. The van der Waals surface area contributed by atoms with Gasteiger partial charge in [0.05, 0.1) is 12.1 Å². The van der Waals surface area contributed by atoms with Crippen molar-refractivity contribution < 1.29 is 14.3 Å². The highest BCUT2D eigenvalue weighted by atomic mass is 16.5. The van der Waals surface area contributed by atoms with Crippen LogP contribution < -0.4 is 15.6 Å². The molecule has 2 aromatic rings. The molecule has 2 amide bonds. The van der Waals surface area contributed by atoms with Gasteiger partial charge in [-0.1, -0.05) is 30.3 Å². The van der Waals surface area contributed by atoms with Gasteiger partial charge in [-0.3, -0.25) is 9.59 Å². The first-order valence-corrected chi connectivity index (χ1v) is 8.61. The number of para-hydroxylation sites is 1. The summed E-state index contributed by atoms with van der Waals surface area (Å²) in [6.45, 7) is 1.77. The molecule has 0 spiro atoms. The second-order valence-corrected chi connectivity index (χ2v) is 6.10. The van der Waals surface area contributed by atoms with Crippen LogP contribution in [0.2, 0.25) is 0 Å². The van der Waals surface area contributed by atoms with Crippen LogP contribution in [-0.2, 0) is 9.59 Å². The lowest BCUT2D eigenvalue weighted by molar-refractivity contribution is -0.123. The Bertz CT molecular complexity index is 878. The van der Waals surface area contributed by atoms with Gasteiger partial charge in [0.25, 0.3) is 0 Å². The van der Waals surface area contributed by atoms with Crippen molar-refractivity contribution in [2.75, 3.05) is 0 Å². The quantitative estimate of drug-likeness (QED) is 0.584. The fraction of sp³-hybridized carbons (Fsp3) is 0.200. The molecule has 0 aliphatic carbocycles. The van der Waals surface area contributed by atoms with E-state index in [2.05, 4.69) is 21.1 Å². The Morgan fingerprint density at radius 3 is 2.74 bits per heavy atom. The van der Waals surface area contributed by atoms with Crippen molar-refractivity contribution in [3.05, 3.63) is 60.2 Å². The molecule has 0 saturated carbocycles. The molecule has 2 N–H and O–H groups in total. The number of nitrogens with zero attached hydrogens (tertiary/aromatic N) is 2. The van der Waals surface area contributed by atoms with Gasteiger partial charge in [0.1, 0.15) is 11.5 Å². The average molecular weight is 364 g/mol. The predicted molar refractivity (Wildman–Crippen MR) is 103 cm³/mol. The molecule has 138 valence electrons. The van der Waals surface area contributed by atoms with Crippen molar-refractivity contribution in [1.82, 2.24) is 10.9 Å². The molecule has 1 heterocycles. The lowest BCUT2D eigenvalue weighted by Gasteiger charge is -2.06. The molecule has 7 nitrogen and oxygen atoms in total. The maximum Gasteiger partial charge on any atom is 0.248 e. The molecule has 1 aliphatic heterocycles. The fourth-order valence-electron chi connectivity index (χ4n) is 2.62. The number of rotatable bonds is 7. The van der Waals surface area contributed by atoms with Crippen molar-refractivity contribution in [3.8, 4) is 11.5 Å². The number of hydrogen-bond acceptors (Lipinski definition) is 5. The molecule has 0 radical (unpaired) electrons. The van der Waals surface area contributed by atoms with Crippen LogP contribution in [0.25, 0.3) is 0 Å². The van der Waals surface area contributed by atoms with Crippen LogP contribution in [0.3, 0.4) is 0 Å². The number of carbonyl (C=O) groups excluding carboxylic acids is 2. The molecule has 0 bridgehead atoms. The van der Waals surface area contributed by atoms with Crippen molar-refractivity contribution in [2.24, 2.45) is 16.1 Å². The average Bonchev–Trinajstić information content (AvgIpc) is 2.99. The lowest BCUT2D eigenvalue weighted by atomic mass is 9.99. The second kappa shape index (κ2) is 8.75. The van der Waals surface area contributed by atoms with Gasteiger partial charge in [0.2, 0.25) is 11.8 Å². The van der Waals surface area contributed by atoms with E-state index in [0.717, 1.165) is 11.3 Å². The van der Waals surface area contributed by atoms with E-state index in [9.17, 15) is 9.59 Å². The number of nitrogens with one attached hydrogen (secondary N) is 2. The van der Waals surface area contributed by atoms with Crippen LogP contribution in [0.15, 0.2) is 64.8 Å². The summed E-state index contributed by atoms with van der Waals surface area (Å²) >= 11 is 0. The van der Waals surface area contributed by atoms with Crippen LogP contribution in [0.4, 0.5) is 0 Å². The lowest BCUT2D eigenvalue weighted by Crippen LogP contribution is -2.25. The highest BCUT2D eigenvalue weighted by Crippen LogP contribution is 2.21. The summed E-state index contributed by atoms with van der Waals surface area (Å²) in [6.07, 6.45) is 2.15. The van der Waals surface area contributed by atoms with Crippen molar-refractivity contribution in [1.29, 1.82) is 0 Å². The first kappa shape index (κ1) is 18.3. The first-order valence-electron chi connectivity index (χ1n) is 8.61. The normalized spacial score (nSPS) is 16.1. The van der Waals surface area contributed by atoms with E-state index < -0.39 is 0 Å². The molecule has 1 unspecified atom stereocenters. The number of ether oxygens (including phenoxy) is 1. The van der Waals surface area contributed by atoms with Crippen LogP contribution in [0, 0.1) is 5.92 Å². The van der Waals surface area contributed by atoms with Gasteiger partial charge in [-0.05, 0) is 43.2 Å². The predicted octanol–water partition coefficient (Wildman–Crippen LogP) is 2.83. The second-order valence-electron chi connectivity index (χ2n) is 6.10. The maximum absolute atomic E-state index is 11.9. The molecule has 0 saturated heterocycles. The monoisotopic (exact) mass is 364 g/mol. The SMILES string of the molecule is CC1=NNC(=O)C1CCC(=O)N/N=C/c1cccc(Oc2ccccc2)c1. The number of hydrazone groups is 2. The largest absolute Gasteiger partial charge is 0.457 e. The van der Waals surface area contributed by atoms with Crippen molar-refractivity contribution >= 4 is 23.7 Å². The van der Waals surface area contributed by atoms with E-state index in [1.807, 2.05) is 54.6 Å². The van der Waals surface area contributed by atoms with Crippen LogP contribution in [-0.4, -0.2) is 23.7 Å². The Hall–Kier alpha value is -3.48. The minimum atomic E-state index is -0.341. The van der Waals surface area contributed by atoms with Crippen LogP contribution >= 0.6 is 0 Å². The molecule has 0 fully saturated rings. The number of hydrogen-bond donors (Lipinski definition) is 2. The molecule has 1 aliphatic rings. The Labute approximate surface area is 157 Å².